The van der Waals surface area contributed by atoms with E-state index in [2.05, 4.69) is 24.8 Å². The molecule has 0 radical (unpaired) electrons. The summed E-state index contributed by atoms with van der Waals surface area (Å²) >= 11 is 0. The summed E-state index contributed by atoms with van der Waals surface area (Å²) in [5.41, 5.74) is 2.83. The first kappa shape index (κ1) is 19.7. The number of nitrogens with zero attached hydrogens (tertiary/aromatic N) is 3. The van der Waals surface area contributed by atoms with Crippen LogP contribution in [0.2, 0.25) is 0 Å². The fourth-order valence-corrected chi connectivity index (χ4v) is 4.09. The first-order valence-corrected chi connectivity index (χ1v) is 10.3. The highest BCUT2D eigenvalue weighted by Gasteiger charge is 2.22. The number of methoxy groups -OCH3 is 1. The molecule has 4 rings (SSSR count). The standard InChI is InChI=1S/C22H29N5O2/c1-29-10-9-27-16-23-13-19(27)15-26-8-4-5-17(14-26)12-24-22(28)21-11-18-6-2-3-7-20(18)25-21/h2-3,6-7,11,13,16-17,25H,4-5,8-10,12,14-15H2,1H3,(H,24,28). The van der Waals surface area contributed by atoms with E-state index in [-0.39, 0.29) is 5.91 Å². The molecule has 0 bridgehead atoms. The predicted molar refractivity (Wildman–Crippen MR) is 113 cm³/mol. The Bertz CT molecular complexity index is 914. The summed E-state index contributed by atoms with van der Waals surface area (Å²) in [4.78, 5) is 22.5. The summed E-state index contributed by atoms with van der Waals surface area (Å²) in [6.07, 6.45) is 6.11. The Morgan fingerprint density at radius 1 is 1.38 bits per heavy atom. The lowest BCUT2D eigenvalue weighted by Gasteiger charge is -2.32. The minimum atomic E-state index is -0.0315. The van der Waals surface area contributed by atoms with Crippen molar-refractivity contribution in [3.8, 4) is 0 Å². The quantitative estimate of drug-likeness (QED) is 0.615. The lowest BCUT2D eigenvalue weighted by molar-refractivity contribution is 0.0925. The molecule has 1 saturated heterocycles. The van der Waals surface area contributed by atoms with Crippen LogP contribution in [0.1, 0.15) is 29.0 Å². The van der Waals surface area contributed by atoms with Gasteiger partial charge in [0.15, 0.2) is 0 Å². The third kappa shape index (κ3) is 4.86. The number of aromatic nitrogens is 3. The van der Waals surface area contributed by atoms with Gasteiger partial charge < -0.3 is 19.6 Å². The number of para-hydroxylation sites is 1. The molecular formula is C22H29N5O2. The number of hydrogen-bond donors (Lipinski definition) is 2. The fourth-order valence-electron chi connectivity index (χ4n) is 4.09. The number of fused-ring (bicyclic) bond motifs is 1. The van der Waals surface area contributed by atoms with Gasteiger partial charge in [-0.15, -0.1) is 0 Å². The van der Waals surface area contributed by atoms with Gasteiger partial charge in [-0.1, -0.05) is 18.2 Å². The van der Waals surface area contributed by atoms with Gasteiger partial charge in [0.2, 0.25) is 0 Å². The molecule has 0 saturated carbocycles. The van der Waals surface area contributed by atoms with Gasteiger partial charge in [0, 0.05) is 50.4 Å². The Kier molecular flexibility index (Phi) is 6.27. The average molecular weight is 396 g/mol. The van der Waals surface area contributed by atoms with E-state index in [4.69, 9.17) is 4.74 Å². The highest BCUT2D eigenvalue weighted by Crippen LogP contribution is 2.19. The molecule has 7 heteroatoms. The second-order valence-electron chi connectivity index (χ2n) is 7.79. The van der Waals surface area contributed by atoms with Crippen LogP contribution in [0.4, 0.5) is 0 Å². The Balaban J connectivity index is 1.29. The van der Waals surface area contributed by atoms with E-state index >= 15 is 0 Å². The number of aromatic amines is 1. The molecule has 2 aromatic heterocycles. The monoisotopic (exact) mass is 395 g/mol. The zero-order valence-electron chi connectivity index (χ0n) is 16.9. The summed E-state index contributed by atoms with van der Waals surface area (Å²) in [5, 5.41) is 4.18. The minimum absolute atomic E-state index is 0.0315. The molecule has 1 amide bonds. The number of piperidine rings is 1. The van der Waals surface area contributed by atoms with Gasteiger partial charge in [0.1, 0.15) is 5.69 Å². The molecule has 3 aromatic rings. The number of ether oxygens (including phenoxy) is 1. The van der Waals surface area contributed by atoms with E-state index in [1.165, 1.54) is 5.69 Å². The van der Waals surface area contributed by atoms with Crippen molar-refractivity contribution >= 4 is 16.8 Å². The van der Waals surface area contributed by atoms with Crippen LogP contribution < -0.4 is 5.32 Å². The fraction of sp³-hybridized carbons (Fsp3) is 0.455. The number of nitrogens with one attached hydrogen (secondary N) is 2. The molecular weight excluding hydrogens is 366 g/mol. The highest BCUT2D eigenvalue weighted by atomic mass is 16.5. The van der Waals surface area contributed by atoms with Crippen LogP contribution in [0, 0.1) is 5.92 Å². The van der Waals surface area contributed by atoms with Crippen molar-refractivity contribution in [3.63, 3.8) is 0 Å². The van der Waals surface area contributed by atoms with E-state index in [9.17, 15) is 4.79 Å². The zero-order chi connectivity index (χ0) is 20.1. The summed E-state index contributed by atoms with van der Waals surface area (Å²) < 4.78 is 7.34. The highest BCUT2D eigenvalue weighted by molar-refractivity contribution is 5.97. The average Bonchev–Trinajstić information content (AvgIpc) is 3.37. The molecule has 1 atom stereocenters. The van der Waals surface area contributed by atoms with Crippen LogP contribution in [0.15, 0.2) is 42.9 Å². The van der Waals surface area contributed by atoms with Gasteiger partial charge in [0.05, 0.1) is 18.6 Å². The van der Waals surface area contributed by atoms with Crippen LogP contribution >= 0.6 is 0 Å². The molecule has 1 unspecified atom stereocenters. The number of H-pyrrole nitrogens is 1. The first-order chi connectivity index (χ1) is 14.2. The van der Waals surface area contributed by atoms with Gasteiger partial charge in [-0.25, -0.2) is 4.98 Å². The van der Waals surface area contributed by atoms with Crippen molar-refractivity contribution in [1.29, 1.82) is 0 Å². The predicted octanol–water partition coefficient (Wildman–Crippen LogP) is 2.65. The van der Waals surface area contributed by atoms with E-state index in [0.717, 1.165) is 49.9 Å². The van der Waals surface area contributed by atoms with Crippen molar-refractivity contribution in [2.45, 2.75) is 25.9 Å². The van der Waals surface area contributed by atoms with E-state index in [0.29, 0.717) is 24.8 Å². The molecule has 1 aliphatic heterocycles. The van der Waals surface area contributed by atoms with Crippen molar-refractivity contribution in [1.82, 2.24) is 24.8 Å². The molecule has 0 spiro atoms. The number of benzene rings is 1. The molecule has 154 valence electrons. The van der Waals surface area contributed by atoms with E-state index < -0.39 is 0 Å². The number of rotatable bonds is 8. The Morgan fingerprint density at radius 2 is 2.28 bits per heavy atom. The number of imidazole rings is 1. The molecule has 1 aromatic carbocycles. The topological polar surface area (TPSA) is 75.2 Å². The maximum atomic E-state index is 12.6. The summed E-state index contributed by atoms with van der Waals surface area (Å²) in [6, 6.07) is 9.87. The van der Waals surface area contributed by atoms with Crippen LogP contribution in [0.3, 0.4) is 0 Å². The van der Waals surface area contributed by atoms with Crippen LogP contribution in [-0.2, 0) is 17.8 Å². The normalized spacial score (nSPS) is 17.6. The van der Waals surface area contributed by atoms with Gasteiger partial charge in [-0.3, -0.25) is 9.69 Å². The molecule has 1 fully saturated rings. The third-order valence-corrected chi connectivity index (χ3v) is 5.65. The zero-order valence-corrected chi connectivity index (χ0v) is 16.9. The number of carbonyl (C=O) groups is 1. The first-order valence-electron chi connectivity index (χ1n) is 10.3. The largest absolute Gasteiger partial charge is 0.383 e. The Morgan fingerprint density at radius 3 is 3.14 bits per heavy atom. The van der Waals surface area contributed by atoms with Crippen molar-refractivity contribution in [2.24, 2.45) is 5.92 Å². The van der Waals surface area contributed by atoms with Crippen molar-refractivity contribution in [3.05, 3.63) is 54.2 Å². The summed E-state index contributed by atoms with van der Waals surface area (Å²) in [5.74, 6) is 0.434. The lowest BCUT2D eigenvalue weighted by Crippen LogP contribution is -2.40. The van der Waals surface area contributed by atoms with Gasteiger partial charge in [-0.2, -0.15) is 0 Å². The molecule has 3 heterocycles. The Labute approximate surface area is 171 Å². The molecule has 7 nitrogen and oxygen atoms in total. The van der Waals surface area contributed by atoms with Crippen molar-refractivity contribution in [2.75, 3.05) is 33.4 Å². The smallest absolute Gasteiger partial charge is 0.267 e. The van der Waals surface area contributed by atoms with Crippen LogP contribution in [-0.4, -0.2) is 58.7 Å². The lowest BCUT2D eigenvalue weighted by atomic mass is 9.98. The second kappa shape index (κ2) is 9.24. The van der Waals surface area contributed by atoms with Crippen molar-refractivity contribution < 1.29 is 9.53 Å². The van der Waals surface area contributed by atoms with E-state index in [1.807, 2.05) is 42.9 Å². The third-order valence-electron chi connectivity index (χ3n) is 5.65. The summed E-state index contributed by atoms with van der Waals surface area (Å²) in [6.45, 7) is 5.17. The Hall–Kier alpha value is -2.64. The SMILES string of the molecule is COCCn1cncc1CN1CCCC(CNC(=O)c2cc3ccccc3[nH]2)C1. The maximum Gasteiger partial charge on any atom is 0.267 e. The van der Waals surface area contributed by atoms with E-state index in [1.54, 1.807) is 7.11 Å². The summed E-state index contributed by atoms with van der Waals surface area (Å²) in [7, 11) is 1.72. The van der Waals surface area contributed by atoms with Crippen LogP contribution in [0.25, 0.3) is 10.9 Å². The van der Waals surface area contributed by atoms with Gasteiger partial charge >= 0.3 is 0 Å². The van der Waals surface area contributed by atoms with Crippen LogP contribution in [0.5, 0.6) is 0 Å². The van der Waals surface area contributed by atoms with Gasteiger partial charge in [-0.05, 0) is 37.4 Å². The number of likely N-dealkylation sites (tertiary alicyclic amines) is 1. The number of amides is 1. The number of hydrogen-bond acceptors (Lipinski definition) is 4. The second-order valence-corrected chi connectivity index (χ2v) is 7.79. The molecule has 29 heavy (non-hydrogen) atoms. The number of carbonyl (C=O) groups excluding carboxylic acids is 1. The molecule has 0 aliphatic carbocycles. The molecule has 2 N–H and O–H groups in total. The maximum absolute atomic E-state index is 12.6. The minimum Gasteiger partial charge on any atom is -0.383 e. The molecule has 1 aliphatic rings. The van der Waals surface area contributed by atoms with Gasteiger partial charge in [0.25, 0.3) is 5.91 Å².